The number of hydrogen-bond donors (Lipinski definition) is 1. The van der Waals surface area contributed by atoms with Gasteiger partial charge < -0.3 is 5.32 Å². The molecular weight excluding hydrogens is 468 g/mol. The Labute approximate surface area is 207 Å². The first kappa shape index (κ1) is 23.7. The zero-order valence-corrected chi connectivity index (χ0v) is 20.5. The summed E-state index contributed by atoms with van der Waals surface area (Å²) >= 11 is 6.64. The molecule has 0 unspecified atom stereocenters. The second-order valence-corrected chi connectivity index (χ2v) is 9.51. The van der Waals surface area contributed by atoms with E-state index in [1.807, 2.05) is 66.7 Å². The number of para-hydroxylation sites is 1. The first-order chi connectivity index (χ1) is 16.4. The third-order valence-corrected chi connectivity index (χ3v) is 6.95. The van der Waals surface area contributed by atoms with Gasteiger partial charge in [-0.3, -0.25) is 24.0 Å². The van der Waals surface area contributed by atoms with Crippen LogP contribution in [-0.2, 0) is 16.6 Å². The number of benzene rings is 2. The first-order valence-corrected chi connectivity index (χ1v) is 12.0. The summed E-state index contributed by atoms with van der Waals surface area (Å²) in [6, 6.07) is 18.8. The van der Waals surface area contributed by atoms with E-state index in [0.717, 1.165) is 11.3 Å². The minimum Gasteiger partial charge on any atom is -0.320 e. The Morgan fingerprint density at radius 1 is 1.06 bits per heavy atom. The van der Waals surface area contributed by atoms with Gasteiger partial charge >= 0.3 is 0 Å². The molecule has 0 radical (unpaired) electrons. The molecular formula is C25H24N4O3S2. The van der Waals surface area contributed by atoms with Gasteiger partial charge in [0.1, 0.15) is 10.0 Å². The van der Waals surface area contributed by atoms with E-state index in [4.69, 9.17) is 12.2 Å². The number of carbonyl (C=O) groups excluding carboxylic acids is 2. The van der Waals surface area contributed by atoms with Gasteiger partial charge in [-0.05, 0) is 37.1 Å². The van der Waals surface area contributed by atoms with E-state index in [1.165, 1.54) is 21.3 Å². The van der Waals surface area contributed by atoms with Crippen molar-refractivity contribution in [1.29, 1.82) is 0 Å². The van der Waals surface area contributed by atoms with Gasteiger partial charge in [0.15, 0.2) is 0 Å². The van der Waals surface area contributed by atoms with Crippen LogP contribution in [0.2, 0.25) is 0 Å². The highest BCUT2D eigenvalue weighted by Gasteiger charge is 2.31. The third-order valence-electron chi connectivity index (χ3n) is 5.58. The molecule has 2 heterocycles. The molecule has 0 spiro atoms. The van der Waals surface area contributed by atoms with Crippen LogP contribution in [0.15, 0.2) is 70.4 Å². The zero-order valence-electron chi connectivity index (χ0n) is 18.9. The summed E-state index contributed by atoms with van der Waals surface area (Å²) in [5.74, 6) is -0.430. The van der Waals surface area contributed by atoms with Gasteiger partial charge in [0.05, 0.1) is 16.3 Å². The Bertz CT molecular complexity index is 1330. The van der Waals surface area contributed by atoms with Gasteiger partial charge in [-0.2, -0.15) is 0 Å². The molecule has 0 bridgehead atoms. The van der Waals surface area contributed by atoms with E-state index in [1.54, 1.807) is 18.7 Å². The normalized spacial score (nSPS) is 14.8. The largest absolute Gasteiger partial charge is 0.320 e. The Balaban J connectivity index is 1.37. The number of rotatable bonds is 7. The summed E-state index contributed by atoms with van der Waals surface area (Å²) < 4.78 is 3.72. The molecule has 0 saturated carbocycles. The molecule has 1 N–H and O–H groups in total. The molecule has 1 fully saturated rings. The van der Waals surface area contributed by atoms with Crippen LogP contribution in [0, 0.1) is 6.92 Å². The van der Waals surface area contributed by atoms with Gasteiger partial charge in [-0.25, -0.2) is 4.68 Å². The highest BCUT2D eigenvalue weighted by Crippen LogP contribution is 2.32. The highest BCUT2D eigenvalue weighted by molar-refractivity contribution is 8.26. The fourth-order valence-corrected chi connectivity index (χ4v) is 5.01. The maximum absolute atomic E-state index is 13.0. The van der Waals surface area contributed by atoms with E-state index in [-0.39, 0.29) is 29.5 Å². The fourth-order valence-electron chi connectivity index (χ4n) is 3.71. The molecule has 1 saturated heterocycles. The predicted molar refractivity (Wildman–Crippen MR) is 140 cm³/mol. The monoisotopic (exact) mass is 492 g/mol. The molecule has 2 amide bonds. The minimum atomic E-state index is -0.289. The average molecular weight is 493 g/mol. The second-order valence-electron chi connectivity index (χ2n) is 7.83. The molecule has 1 aromatic heterocycles. The molecule has 4 rings (SSSR count). The number of thioether (sulfide) groups is 1. The summed E-state index contributed by atoms with van der Waals surface area (Å²) in [5.41, 5.74) is 2.28. The Hall–Kier alpha value is -3.43. The lowest BCUT2D eigenvalue weighted by molar-refractivity contribution is -0.122. The van der Waals surface area contributed by atoms with Gasteiger partial charge in [0.2, 0.25) is 5.91 Å². The summed E-state index contributed by atoms with van der Waals surface area (Å²) in [7, 11) is 1.78. The lowest BCUT2D eigenvalue weighted by Gasteiger charge is -2.14. The molecule has 174 valence electrons. The van der Waals surface area contributed by atoms with Gasteiger partial charge in [0, 0.05) is 20.0 Å². The number of nitrogens with zero attached hydrogens (tertiary/aromatic N) is 3. The van der Waals surface area contributed by atoms with Crippen molar-refractivity contribution < 1.29 is 9.59 Å². The first-order valence-electron chi connectivity index (χ1n) is 10.8. The zero-order chi connectivity index (χ0) is 24.2. The van der Waals surface area contributed by atoms with E-state index in [9.17, 15) is 14.4 Å². The lowest BCUT2D eigenvalue weighted by Crippen LogP contribution is -2.30. The number of carbonyl (C=O) groups is 2. The van der Waals surface area contributed by atoms with Crippen molar-refractivity contribution in [1.82, 2.24) is 14.3 Å². The van der Waals surface area contributed by atoms with Crippen LogP contribution in [0.3, 0.4) is 0 Å². The smallest absolute Gasteiger partial charge is 0.295 e. The van der Waals surface area contributed by atoms with Crippen LogP contribution in [0.25, 0.3) is 11.8 Å². The molecule has 2 aromatic carbocycles. The molecule has 7 nitrogen and oxygen atoms in total. The summed E-state index contributed by atoms with van der Waals surface area (Å²) in [5, 5.41) is 2.75. The van der Waals surface area contributed by atoms with Crippen LogP contribution < -0.4 is 10.9 Å². The van der Waals surface area contributed by atoms with E-state index in [2.05, 4.69) is 5.32 Å². The average Bonchev–Trinajstić information content (AvgIpc) is 3.21. The van der Waals surface area contributed by atoms with Crippen LogP contribution in [0.1, 0.15) is 24.1 Å². The molecule has 0 atom stereocenters. The quantitative estimate of drug-likeness (QED) is 0.397. The standard InChI is InChI=1S/C25H24N4O3S2/c1-17-22(24(32)29(27(17)2)19-12-7-4-8-13-19)26-21(30)14-9-15-28-23(31)20(34-25(28)33)16-18-10-5-3-6-11-18/h3-8,10-13,16H,9,14-15H2,1-2H3,(H,26,30)/b20-16+. The van der Waals surface area contributed by atoms with Gasteiger partial charge in [-0.1, -0.05) is 72.5 Å². The SMILES string of the molecule is Cc1c(NC(=O)CCCN2C(=O)/C(=C\c3ccccc3)SC2=S)c(=O)n(-c2ccccc2)n1C. The van der Waals surface area contributed by atoms with Gasteiger partial charge in [-0.15, -0.1) is 0 Å². The van der Waals surface area contributed by atoms with Crippen molar-refractivity contribution in [3.8, 4) is 5.69 Å². The Morgan fingerprint density at radius 3 is 2.38 bits per heavy atom. The predicted octanol–water partition coefficient (Wildman–Crippen LogP) is 4.10. The number of amides is 2. The Kier molecular flexibility index (Phi) is 7.14. The van der Waals surface area contributed by atoms with Crippen LogP contribution in [0.5, 0.6) is 0 Å². The molecule has 0 aliphatic carbocycles. The van der Waals surface area contributed by atoms with Crippen molar-refractivity contribution in [2.45, 2.75) is 19.8 Å². The summed E-state index contributed by atoms with van der Waals surface area (Å²) in [6.45, 7) is 2.13. The van der Waals surface area contributed by atoms with Crippen molar-refractivity contribution in [2.75, 3.05) is 11.9 Å². The van der Waals surface area contributed by atoms with Crippen LogP contribution >= 0.6 is 24.0 Å². The second kappa shape index (κ2) is 10.2. The van der Waals surface area contributed by atoms with Crippen molar-refractivity contribution in [2.24, 2.45) is 7.05 Å². The molecule has 3 aromatic rings. The van der Waals surface area contributed by atoms with E-state index < -0.39 is 0 Å². The van der Waals surface area contributed by atoms with Crippen LogP contribution in [-0.4, -0.2) is 36.9 Å². The topological polar surface area (TPSA) is 76.3 Å². The number of hydrogen-bond acceptors (Lipinski definition) is 5. The molecule has 9 heteroatoms. The van der Waals surface area contributed by atoms with Crippen molar-refractivity contribution in [3.05, 3.63) is 87.2 Å². The number of nitrogens with one attached hydrogen (secondary N) is 1. The maximum atomic E-state index is 13.0. The third kappa shape index (κ3) is 4.90. The lowest BCUT2D eigenvalue weighted by atomic mass is 10.2. The van der Waals surface area contributed by atoms with Crippen LogP contribution in [0.4, 0.5) is 5.69 Å². The van der Waals surface area contributed by atoms with E-state index >= 15 is 0 Å². The minimum absolute atomic E-state index is 0.149. The molecule has 1 aliphatic rings. The maximum Gasteiger partial charge on any atom is 0.295 e. The number of aromatic nitrogens is 2. The molecule has 1 aliphatic heterocycles. The summed E-state index contributed by atoms with van der Waals surface area (Å²) in [4.78, 5) is 40.4. The molecule has 34 heavy (non-hydrogen) atoms. The number of anilines is 1. The summed E-state index contributed by atoms with van der Waals surface area (Å²) in [6.07, 6.45) is 2.41. The number of thiocarbonyl (C=S) groups is 1. The fraction of sp³-hybridized carbons (Fsp3) is 0.200. The highest BCUT2D eigenvalue weighted by atomic mass is 32.2. The van der Waals surface area contributed by atoms with Crippen molar-refractivity contribution in [3.63, 3.8) is 0 Å². The van der Waals surface area contributed by atoms with Gasteiger partial charge in [0.25, 0.3) is 11.5 Å². The Morgan fingerprint density at radius 2 is 1.71 bits per heavy atom. The van der Waals surface area contributed by atoms with Crippen molar-refractivity contribution >= 4 is 51.9 Å². The van der Waals surface area contributed by atoms with E-state index in [0.29, 0.717) is 27.9 Å².